The smallest absolute Gasteiger partial charge is 0.229 e. The Morgan fingerprint density at radius 2 is 2.03 bits per heavy atom. The molecule has 36 heavy (non-hydrogen) atoms. The van der Waals surface area contributed by atoms with Gasteiger partial charge in [-0.3, -0.25) is 9.78 Å². The molecule has 3 aromatic rings. The minimum Gasteiger partial charge on any atom is -0.504 e. The van der Waals surface area contributed by atoms with E-state index in [0.717, 1.165) is 43.3 Å². The third-order valence-electron chi connectivity index (χ3n) is 6.95. The maximum absolute atomic E-state index is 12.2. The molecule has 0 N–H and O–H groups in total. The maximum atomic E-state index is 12.2. The molecular weight excluding hydrogens is 474 g/mol. The lowest BCUT2D eigenvalue weighted by atomic mass is 9.99. The van der Waals surface area contributed by atoms with Crippen LogP contribution in [0.25, 0.3) is 15.7 Å². The van der Waals surface area contributed by atoms with Gasteiger partial charge in [0.15, 0.2) is 0 Å². The summed E-state index contributed by atoms with van der Waals surface area (Å²) in [6, 6.07) is 10.8. The number of rotatable bonds is 9. The lowest BCUT2D eigenvalue weighted by Crippen LogP contribution is -2.34. The third kappa shape index (κ3) is 5.98. The fraction of sp³-hybridized carbons (Fsp3) is 0.414. The van der Waals surface area contributed by atoms with Gasteiger partial charge in [0.1, 0.15) is 23.0 Å². The van der Waals surface area contributed by atoms with Crippen molar-refractivity contribution >= 4 is 34.0 Å². The number of likely N-dealkylation sites (tertiary alicyclic amines) is 1. The summed E-state index contributed by atoms with van der Waals surface area (Å²) in [5.74, 6) is 2.96. The molecule has 0 amide bonds. The lowest BCUT2D eigenvalue weighted by molar-refractivity contribution is -0.118. The molecule has 2 aliphatic rings. The van der Waals surface area contributed by atoms with E-state index in [0.29, 0.717) is 64.8 Å². The fourth-order valence-electron chi connectivity index (χ4n) is 4.84. The molecule has 1 unspecified atom stereocenters. The van der Waals surface area contributed by atoms with Gasteiger partial charge < -0.3 is 14.4 Å². The number of ketones is 1. The van der Waals surface area contributed by atoms with E-state index in [1.807, 2.05) is 18.2 Å². The Balaban J connectivity index is 1.32. The molecule has 7 heteroatoms. The molecule has 1 saturated heterocycles. The van der Waals surface area contributed by atoms with Crippen LogP contribution in [0.1, 0.15) is 37.7 Å². The van der Waals surface area contributed by atoms with E-state index in [1.165, 1.54) is 6.42 Å². The van der Waals surface area contributed by atoms with E-state index in [2.05, 4.69) is 21.8 Å². The number of pyridine rings is 1. The molecule has 0 spiro atoms. The summed E-state index contributed by atoms with van der Waals surface area (Å²) in [5, 5.41) is 1.24. The number of benzene rings is 2. The predicted octanol–water partition coefficient (Wildman–Crippen LogP) is 6.86. The van der Waals surface area contributed by atoms with E-state index in [-0.39, 0.29) is 5.78 Å². The van der Waals surface area contributed by atoms with Crippen LogP contribution in [0.2, 0.25) is 5.02 Å². The summed E-state index contributed by atoms with van der Waals surface area (Å²) in [6.45, 7) is 10.4. The zero-order valence-corrected chi connectivity index (χ0v) is 21.3. The summed E-state index contributed by atoms with van der Waals surface area (Å²) in [5.41, 5.74) is 1.95. The Morgan fingerprint density at radius 1 is 1.17 bits per heavy atom. The summed E-state index contributed by atoms with van der Waals surface area (Å²) in [6.07, 6.45) is 7.30. The molecule has 2 aromatic carbocycles. The van der Waals surface area contributed by atoms with E-state index >= 15 is 0 Å². The number of carbonyl (C=O) groups is 1. The first-order valence-electron chi connectivity index (χ1n) is 12.6. The Kier molecular flexibility index (Phi) is 7.41. The highest BCUT2D eigenvalue weighted by molar-refractivity contribution is 6.31. The van der Waals surface area contributed by atoms with Crippen LogP contribution in [0.15, 0.2) is 42.6 Å². The van der Waals surface area contributed by atoms with Gasteiger partial charge in [-0.1, -0.05) is 17.7 Å². The average Bonchev–Trinajstić information content (AvgIpc) is 3.68. The van der Waals surface area contributed by atoms with Crippen LogP contribution in [0.5, 0.6) is 17.2 Å². The molecular formula is C29H30ClN3O3. The van der Waals surface area contributed by atoms with Crippen molar-refractivity contribution in [1.82, 2.24) is 9.88 Å². The fourth-order valence-corrected chi connectivity index (χ4v) is 5.07. The van der Waals surface area contributed by atoms with Gasteiger partial charge >= 0.3 is 0 Å². The largest absolute Gasteiger partial charge is 0.504 e. The van der Waals surface area contributed by atoms with E-state index in [1.54, 1.807) is 24.4 Å². The highest BCUT2D eigenvalue weighted by Gasteiger charge is 2.24. The second-order valence-electron chi connectivity index (χ2n) is 10.1. The number of Topliss-reactive ketones (excluding diaryl/α,β-unsaturated/α-hetero) is 1. The van der Waals surface area contributed by atoms with Crippen LogP contribution in [0, 0.1) is 18.4 Å². The molecule has 5 rings (SSSR count). The molecule has 6 nitrogen and oxygen atoms in total. The van der Waals surface area contributed by atoms with Gasteiger partial charge in [-0.05, 0) is 81.1 Å². The highest BCUT2D eigenvalue weighted by Crippen LogP contribution is 2.38. The zero-order chi connectivity index (χ0) is 25.1. The predicted molar refractivity (Wildman–Crippen MR) is 141 cm³/mol. The van der Waals surface area contributed by atoms with Crippen LogP contribution < -0.4 is 9.47 Å². The van der Waals surface area contributed by atoms with Gasteiger partial charge in [0.05, 0.1) is 18.7 Å². The van der Waals surface area contributed by atoms with Crippen LogP contribution in [-0.2, 0) is 11.2 Å². The van der Waals surface area contributed by atoms with Gasteiger partial charge in [0.25, 0.3) is 0 Å². The maximum Gasteiger partial charge on any atom is 0.229 e. The van der Waals surface area contributed by atoms with Gasteiger partial charge in [0.2, 0.25) is 5.69 Å². The molecule has 0 bridgehead atoms. The van der Waals surface area contributed by atoms with Crippen molar-refractivity contribution in [3.63, 3.8) is 0 Å². The van der Waals surface area contributed by atoms with Crippen molar-refractivity contribution in [3.05, 3.63) is 64.6 Å². The van der Waals surface area contributed by atoms with E-state index in [9.17, 15) is 4.79 Å². The Labute approximate surface area is 217 Å². The molecule has 2 fully saturated rings. The SMILES string of the molecule is [C-]#[N+]c1cc2c(Oc3ccc(CC(=O)CC4CC4)c(Cl)c3)ccnc2cc1OCC1CCCN(C)C1. The van der Waals surface area contributed by atoms with Gasteiger partial charge in [-0.25, -0.2) is 4.85 Å². The first-order chi connectivity index (χ1) is 17.5. The van der Waals surface area contributed by atoms with Crippen LogP contribution in [0.3, 0.4) is 0 Å². The lowest BCUT2D eigenvalue weighted by Gasteiger charge is -2.29. The second-order valence-corrected chi connectivity index (χ2v) is 10.5. The molecule has 1 aliphatic carbocycles. The van der Waals surface area contributed by atoms with Crippen LogP contribution >= 0.6 is 11.6 Å². The number of aromatic nitrogens is 1. The summed E-state index contributed by atoms with van der Waals surface area (Å²) in [4.78, 5) is 22.8. The second kappa shape index (κ2) is 10.9. The Morgan fingerprint density at radius 3 is 2.78 bits per heavy atom. The Hall–Kier alpha value is -3.14. The number of carbonyl (C=O) groups excluding carboxylic acids is 1. The number of nitrogens with zero attached hydrogens (tertiary/aromatic N) is 3. The molecule has 0 radical (unpaired) electrons. The van der Waals surface area contributed by atoms with E-state index < -0.39 is 0 Å². The topological polar surface area (TPSA) is 56.0 Å². The van der Waals surface area contributed by atoms with Crippen molar-refractivity contribution in [3.8, 4) is 17.2 Å². The monoisotopic (exact) mass is 503 g/mol. The average molecular weight is 504 g/mol. The number of fused-ring (bicyclic) bond motifs is 1. The Bertz CT molecular complexity index is 1320. The first-order valence-corrected chi connectivity index (χ1v) is 13.0. The number of hydrogen-bond donors (Lipinski definition) is 0. The van der Waals surface area contributed by atoms with Crippen molar-refractivity contribution in [1.29, 1.82) is 0 Å². The summed E-state index contributed by atoms with van der Waals surface area (Å²) in [7, 11) is 2.13. The van der Waals surface area contributed by atoms with Crippen molar-refractivity contribution in [2.45, 2.75) is 38.5 Å². The minimum absolute atomic E-state index is 0.230. The van der Waals surface area contributed by atoms with Gasteiger partial charge in [-0.15, -0.1) is 0 Å². The molecule has 2 heterocycles. The number of hydrogen-bond acceptors (Lipinski definition) is 5. The molecule has 1 atom stereocenters. The molecule has 1 aromatic heterocycles. The normalized spacial score (nSPS) is 18.1. The number of ether oxygens (including phenoxy) is 2. The van der Waals surface area contributed by atoms with Crippen molar-refractivity contribution in [2.24, 2.45) is 11.8 Å². The number of halogens is 1. The number of piperidine rings is 1. The molecule has 186 valence electrons. The zero-order valence-electron chi connectivity index (χ0n) is 20.5. The molecule has 1 aliphatic heterocycles. The van der Waals surface area contributed by atoms with Crippen molar-refractivity contribution < 1.29 is 14.3 Å². The summed E-state index contributed by atoms with van der Waals surface area (Å²) >= 11 is 6.48. The van der Waals surface area contributed by atoms with Gasteiger partial charge in [-0.2, -0.15) is 0 Å². The third-order valence-corrected chi connectivity index (χ3v) is 7.30. The minimum atomic E-state index is 0.230. The van der Waals surface area contributed by atoms with E-state index in [4.69, 9.17) is 27.6 Å². The highest BCUT2D eigenvalue weighted by atomic mass is 35.5. The van der Waals surface area contributed by atoms with Crippen LogP contribution in [0.4, 0.5) is 5.69 Å². The summed E-state index contributed by atoms with van der Waals surface area (Å²) < 4.78 is 12.3. The van der Waals surface area contributed by atoms with Gasteiger partial charge in [0, 0.05) is 41.9 Å². The standard InChI is InChI=1S/C29H30ClN3O3/c1-31-27-15-24-26(16-29(27)35-18-20-4-3-11-33(2)17-20)32-10-9-28(24)36-23-8-7-21(25(30)14-23)13-22(34)12-19-5-6-19/h7-10,14-16,19-20H,3-6,11-13,17-18H2,2H3. The van der Waals surface area contributed by atoms with Crippen LogP contribution in [-0.4, -0.2) is 42.4 Å². The molecule has 1 saturated carbocycles. The quantitative estimate of drug-likeness (QED) is 0.298. The van der Waals surface area contributed by atoms with Crippen molar-refractivity contribution in [2.75, 3.05) is 26.7 Å². The first kappa shape index (κ1) is 24.5.